The van der Waals surface area contributed by atoms with Crippen LogP contribution in [0, 0.1) is 18.8 Å². The van der Waals surface area contributed by atoms with E-state index in [-0.39, 0.29) is 5.91 Å². The molecule has 1 aliphatic rings. The standard InChI is InChI=1S/C14H21N3OS/c1-9-5-4-6-10(2)14(9)17-16-12(18)7-13-15-11(3)8-19-13/h8-10H,4-7H2,1-3H3,(H,16,18)/t9-,10+. The molecule has 0 aromatic carbocycles. The Morgan fingerprint density at radius 2 is 2.16 bits per heavy atom. The van der Waals surface area contributed by atoms with Gasteiger partial charge in [-0.05, 0) is 31.6 Å². The van der Waals surface area contributed by atoms with Gasteiger partial charge in [-0.15, -0.1) is 11.3 Å². The number of hydrogen-bond donors (Lipinski definition) is 1. The Balaban J connectivity index is 1.91. The third kappa shape index (κ3) is 3.86. The van der Waals surface area contributed by atoms with E-state index in [1.54, 1.807) is 0 Å². The highest BCUT2D eigenvalue weighted by atomic mass is 32.1. The molecule has 0 unspecified atom stereocenters. The van der Waals surface area contributed by atoms with Crippen LogP contribution in [0.2, 0.25) is 0 Å². The van der Waals surface area contributed by atoms with Crippen molar-refractivity contribution in [1.29, 1.82) is 0 Å². The van der Waals surface area contributed by atoms with Crippen molar-refractivity contribution in [1.82, 2.24) is 10.4 Å². The number of aromatic nitrogens is 1. The van der Waals surface area contributed by atoms with Crippen molar-refractivity contribution >= 4 is 23.0 Å². The maximum atomic E-state index is 11.8. The van der Waals surface area contributed by atoms with Crippen LogP contribution in [-0.4, -0.2) is 16.6 Å². The number of rotatable bonds is 3. The Kier molecular flexibility index (Phi) is 4.69. The molecule has 0 spiro atoms. The molecule has 1 saturated carbocycles. The zero-order valence-electron chi connectivity index (χ0n) is 11.8. The van der Waals surface area contributed by atoms with Gasteiger partial charge in [0.25, 0.3) is 0 Å². The van der Waals surface area contributed by atoms with Crippen molar-refractivity contribution in [2.45, 2.75) is 46.5 Å². The molecular weight excluding hydrogens is 258 g/mol. The molecule has 0 saturated heterocycles. The van der Waals surface area contributed by atoms with Crippen molar-refractivity contribution in [3.8, 4) is 0 Å². The fourth-order valence-corrected chi connectivity index (χ4v) is 3.29. The quantitative estimate of drug-likeness (QED) is 0.865. The van der Waals surface area contributed by atoms with Gasteiger partial charge in [0, 0.05) is 16.8 Å². The summed E-state index contributed by atoms with van der Waals surface area (Å²) in [5, 5.41) is 7.15. The van der Waals surface area contributed by atoms with E-state index in [4.69, 9.17) is 0 Å². The molecule has 1 aromatic heterocycles. The van der Waals surface area contributed by atoms with Crippen molar-refractivity contribution in [2.24, 2.45) is 16.9 Å². The first-order chi connectivity index (χ1) is 9.06. The van der Waals surface area contributed by atoms with E-state index < -0.39 is 0 Å². The molecule has 104 valence electrons. The van der Waals surface area contributed by atoms with Gasteiger partial charge in [0.1, 0.15) is 5.01 Å². The zero-order chi connectivity index (χ0) is 13.8. The van der Waals surface area contributed by atoms with E-state index in [1.807, 2.05) is 12.3 Å². The highest BCUT2D eigenvalue weighted by Crippen LogP contribution is 2.25. The molecule has 1 amide bonds. The number of hydrogen-bond acceptors (Lipinski definition) is 4. The van der Waals surface area contributed by atoms with Crippen molar-refractivity contribution in [3.63, 3.8) is 0 Å². The number of amides is 1. The SMILES string of the molecule is Cc1csc(CC(=O)NN=C2[C@H](C)CCC[C@@H]2C)n1. The van der Waals surface area contributed by atoms with E-state index in [0.29, 0.717) is 18.3 Å². The van der Waals surface area contributed by atoms with Gasteiger partial charge in [-0.1, -0.05) is 20.3 Å². The van der Waals surface area contributed by atoms with E-state index in [0.717, 1.165) is 16.4 Å². The van der Waals surface area contributed by atoms with Gasteiger partial charge in [0.05, 0.1) is 6.42 Å². The molecule has 1 heterocycles. The van der Waals surface area contributed by atoms with Crippen LogP contribution < -0.4 is 5.43 Å². The lowest BCUT2D eigenvalue weighted by Crippen LogP contribution is -2.29. The Bertz CT molecular complexity index is 469. The van der Waals surface area contributed by atoms with Gasteiger partial charge in [-0.25, -0.2) is 10.4 Å². The summed E-state index contributed by atoms with van der Waals surface area (Å²) in [5.41, 5.74) is 4.79. The average molecular weight is 279 g/mol. The van der Waals surface area contributed by atoms with Crippen LogP contribution in [0.1, 0.15) is 43.8 Å². The lowest BCUT2D eigenvalue weighted by Gasteiger charge is -2.26. The summed E-state index contributed by atoms with van der Waals surface area (Å²) in [4.78, 5) is 16.1. The number of carbonyl (C=O) groups excluding carboxylic acids is 1. The molecule has 4 nitrogen and oxygen atoms in total. The van der Waals surface area contributed by atoms with Crippen LogP contribution >= 0.6 is 11.3 Å². The minimum Gasteiger partial charge on any atom is -0.273 e. The molecule has 1 aliphatic carbocycles. The van der Waals surface area contributed by atoms with E-state index in [1.165, 1.54) is 30.6 Å². The Morgan fingerprint density at radius 1 is 1.47 bits per heavy atom. The van der Waals surface area contributed by atoms with Crippen LogP contribution in [0.25, 0.3) is 0 Å². The fourth-order valence-electron chi connectivity index (χ4n) is 2.52. The summed E-state index contributed by atoms with van der Waals surface area (Å²) in [7, 11) is 0. The number of aryl methyl sites for hydroxylation is 1. The summed E-state index contributed by atoms with van der Waals surface area (Å²) in [5.74, 6) is 0.879. The van der Waals surface area contributed by atoms with Crippen LogP contribution in [-0.2, 0) is 11.2 Å². The second kappa shape index (κ2) is 6.28. The fraction of sp³-hybridized carbons (Fsp3) is 0.643. The van der Waals surface area contributed by atoms with Gasteiger partial charge in [0.15, 0.2) is 0 Å². The largest absolute Gasteiger partial charge is 0.273 e. The number of carbonyl (C=O) groups is 1. The van der Waals surface area contributed by atoms with Crippen LogP contribution in [0.5, 0.6) is 0 Å². The predicted octanol–water partition coefficient (Wildman–Crippen LogP) is 2.92. The summed E-state index contributed by atoms with van der Waals surface area (Å²) < 4.78 is 0. The molecule has 0 aliphatic heterocycles. The minimum absolute atomic E-state index is 0.0770. The second-order valence-electron chi connectivity index (χ2n) is 5.36. The Labute approximate surface area is 118 Å². The first-order valence-corrected chi connectivity index (χ1v) is 7.71. The zero-order valence-corrected chi connectivity index (χ0v) is 12.6. The monoisotopic (exact) mass is 279 g/mol. The molecule has 0 bridgehead atoms. The van der Waals surface area contributed by atoms with Crippen molar-refractivity contribution in [2.75, 3.05) is 0 Å². The maximum absolute atomic E-state index is 11.8. The van der Waals surface area contributed by atoms with Gasteiger partial charge in [0.2, 0.25) is 5.91 Å². The number of nitrogens with zero attached hydrogens (tertiary/aromatic N) is 2. The van der Waals surface area contributed by atoms with Gasteiger partial charge < -0.3 is 0 Å². The number of hydrazone groups is 1. The third-order valence-corrected chi connectivity index (χ3v) is 4.54. The van der Waals surface area contributed by atoms with Crippen molar-refractivity contribution in [3.05, 3.63) is 16.1 Å². The van der Waals surface area contributed by atoms with E-state index in [9.17, 15) is 4.79 Å². The number of nitrogens with one attached hydrogen (secondary N) is 1. The summed E-state index contributed by atoms with van der Waals surface area (Å²) in [6.45, 7) is 6.30. The Morgan fingerprint density at radius 3 is 2.74 bits per heavy atom. The summed E-state index contributed by atoms with van der Waals surface area (Å²) in [6, 6.07) is 0. The molecule has 0 radical (unpaired) electrons. The van der Waals surface area contributed by atoms with Gasteiger partial charge >= 0.3 is 0 Å². The maximum Gasteiger partial charge on any atom is 0.246 e. The van der Waals surface area contributed by atoms with Gasteiger partial charge in [-0.2, -0.15) is 5.10 Å². The summed E-state index contributed by atoms with van der Waals surface area (Å²) >= 11 is 1.52. The lowest BCUT2D eigenvalue weighted by molar-refractivity contribution is -0.120. The topological polar surface area (TPSA) is 54.4 Å². The molecular formula is C14H21N3OS. The number of thiazole rings is 1. The van der Waals surface area contributed by atoms with Crippen LogP contribution in [0.3, 0.4) is 0 Å². The van der Waals surface area contributed by atoms with E-state index in [2.05, 4.69) is 29.4 Å². The van der Waals surface area contributed by atoms with Crippen LogP contribution in [0.15, 0.2) is 10.5 Å². The first kappa shape index (κ1) is 14.2. The molecule has 1 fully saturated rings. The van der Waals surface area contributed by atoms with Crippen LogP contribution in [0.4, 0.5) is 0 Å². The molecule has 19 heavy (non-hydrogen) atoms. The van der Waals surface area contributed by atoms with Gasteiger partial charge in [-0.3, -0.25) is 4.79 Å². The van der Waals surface area contributed by atoms with Crippen molar-refractivity contribution < 1.29 is 4.79 Å². The third-order valence-electron chi connectivity index (χ3n) is 3.57. The molecule has 1 aromatic rings. The smallest absolute Gasteiger partial charge is 0.246 e. The minimum atomic E-state index is -0.0770. The molecule has 5 heteroatoms. The molecule has 2 atom stereocenters. The average Bonchev–Trinajstić information content (AvgIpc) is 2.74. The molecule has 2 rings (SSSR count). The highest BCUT2D eigenvalue weighted by Gasteiger charge is 2.23. The highest BCUT2D eigenvalue weighted by molar-refractivity contribution is 7.09. The summed E-state index contributed by atoms with van der Waals surface area (Å²) in [6.07, 6.45) is 3.92. The Hall–Kier alpha value is -1.23. The first-order valence-electron chi connectivity index (χ1n) is 6.83. The molecule has 1 N–H and O–H groups in total. The predicted molar refractivity (Wildman–Crippen MR) is 78.3 cm³/mol. The second-order valence-corrected chi connectivity index (χ2v) is 6.31. The normalized spacial score (nSPS) is 25.5. The van der Waals surface area contributed by atoms with E-state index >= 15 is 0 Å². The lowest BCUT2D eigenvalue weighted by atomic mass is 9.81.